The molecule has 0 spiro atoms. The first kappa shape index (κ1) is 23.9. The van der Waals surface area contributed by atoms with Gasteiger partial charge in [-0.1, -0.05) is 91.4 Å². The van der Waals surface area contributed by atoms with E-state index >= 15 is 0 Å². The Morgan fingerprint density at radius 1 is 0.625 bits per heavy atom. The molecule has 0 aromatic rings. The minimum atomic E-state index is 0.930. The molecule has 0 amide bonds. The van der Waals surface area contributed by atoms with Gasteiger partial charge in [0.1, 0.15) is 0 Å². The minimum Gasteiger partial charge on any atom is -0.194 e. The molecular weight excluding hydrogens is 312 g/mol. The summed E-state index contributed by atoms with van der Waals surface area (Å²) in [6.07, 6.45) is 23.0. The lowest BCUT2D eigenvalue weighted by Crippen LogP contribution is -1.86. The Kier molecular flexibility index (Phi) is 25.1. The van der Waals surface area contributed by atoms with Crippen molar-refractivity contribution in [3.8, 4) is 0 Å². The van der Waals surface area contributed by atoms with E-state index in [0.29, 0.717) is 0 Å². The third-order valence-corrected chi connectivity index (χ3v) is 5.02. The highest BCUT2D eigenvalue weighted by atomic mass is 32.2. The summed E-state index contributed by atoms with van der Waals surface area (Å²) in [4.78, 5) is 0. The molecule has 0 saturated heterocycles. The van der Waals surface area contributed by atoms with Gasteiger partial charge >= 0.3 is 0 Å². The standard InChI is InChI=1S/C20H42N2S.CH4/c1-3-4-5-6-7-8-9-10-11-12-13-14-15-18-21-22-19-16-17-20-23-2;/h3-20H2,1-2H3;1H4/i;1D. The van der Waals surface area contributed by atoms with Gasteiger partial charge in [-0.15, -0.1) is 0 Å². The van der Waals surface area contributed by atoms with Gasteiger partial charge in [0.05, 0.1) is 13.1 Å². The molecule has 0 atom stereocenters. The summed E-state index contributed by atoms with van der Waals surface area (Å²) in [5, 5.41) is 8.53. The predicted molar refractivity (Wildman–Crippen MR) is 115 cm³/mol. The molecule has 0 radical (unpaired) electrons. The second-order valence-electron chi connectivity index (χ2n) is 6.67. The molecule has 0 saturated carbocycles. The van der Waals surface area contributed by atoms with Crippen LogP contribution in [-0.2, 0) is 0 Å². The third-order valence-electron chi connectivity index (χ3n) is 4.32. The minimum absolute atomic E-state index is 0.930. The van der Waals surface area contributed by atoms with E-state index in [1.807, 2.05) is 11.8 Å². The van der Waals surface area contributed by atoms with Gasteiger partial charge in [0.25, 0.3) is 0 Å². The fraction of sp³-hybridized carbons (Fsp3) is 1.00. The zero-order chi connectivity index (χ0) is 18.8. The van der Waals surface area contributed by atoms with Gasteiger partial charge in [0.15, 0.2) is 0 Å². The number of nitrogens with zero attached hydrogens (tertiary/aromatic N) is 2. The lowest BCUT2D eigenvalue weighted by Gasteiger charge is -2.02. The summed E-state index contributed by atoms with van der Waals surface area (Å²) >= 11 is 1.92. The lowest BCUT2D eigenvalue weighted by molar-refractivity contribution is 0.539. The molecule has 0 rings (SSSR count). The smallest absolute Gasteiger partial charge is 0.0599 e. The molecule has 2 nitrogen and oxygen atoms in total. The number of hydrogen-bond acceptors (Lipinski definition) is 3. The van der Waals surface area contributed by atoms with Crippen molar-refractivity contribution in [1.82, 2.24) is 0 Å². The SMILES string of the molecule is CCCCCCCCCCCCCCCN=NCCCCSC.[2H]C. The van der Waals surface area contributed by atoms with E-state index < -0.39 is 0 Å². The van der Waals surface area contributed by atoms with Gasteiger partial charge < -0.3 is 0 Å². The molecule has 0 aromatic carbocycles. The van der Waals surface area contributed by atoms with E-state index in [4.69, 9.17) is 1.37 Å². The zero-order valence-electron chi connectivity index (χ0n) is 18.0. The molecule has 0 aliphatic heterocycles. The maximum absolute atomic E-state index is 5.75. The molecule has 3 heteroatoms. The average molecular weight is 360 g/mol. The summed E-state index contributed by atoms with van der Waals surface area (Å²) in [6.45, 7) is 4.16. The monoisotopic (exact) mass is 359 g/mol. The van der Waals surface area contributed by atoms with Gasteiger partial charge in [0.2, 0.25) is 0 Å². The number of thioether (sulfide) groups is 1. The van der Waals surface area contributed by atoms with Gasteiger partial charge in [-0.2, -0.15) is 22.0 Å². The number of unbranched alkanes of at least 4 members (excludes halogenated alkanes) is 13. The molecule has 0 aromatic heterocycles. The highest BCUT2D eigenvalue weighted by molar-refractivity contribution is 7.98. The molecule has 0 bridgehead atoms. The van der Waals surface area contributed by atoms with Crippen LogP contribution in [0.2, 0.25) is 0 Å². The van der Waals surface area contributed by atoms with Crippen molar-refractivity contribution in [1.29, 1.82) is 0 Å². The number of azo groups is 1. The molecule has 0 heterocycles. The molecule has 0 unspecified atom stereocenters. The normalized spacial score (nSPS) is 11.4. The quantitative estimate of drug-likeness (QED) is 0.168. The number of rotatable bonds is 19. The highest BCUT2D eigenvalue weighted by Gasteiger charge is 1.93. The maximum Gasteiger partial charge on any atom is 0.0599 e. The van der Waals surface area contributed by atoms with E-state index in [1.54, 1.807) is 0 Å². The second-order valence-corrected chi connectivity index (χ2v) is 7.66. The van der Waals surface area contributed by atoms with Crippen molar-refractivity contribution in [2.75, 3.05) is 25.1 Å². The van der Waals surface area contributed by atoms with E-state index in [9.17, 15) is 0 Å². The first-order valence-corrected chi connectivity index (χ1v) is 11.6. The van der Waals surface area contributed by atoms with Crippen molar-refractivity contribution in [3.05, 3.63) is 0 Å². The highest BCUT2D eigenvalue weighted by Crippen LogP contribution is 2.12. The predicted octanol–water partition coefficient (Wildman–Crippen LogP) is 8.31. The van der Waals surface area contributed by atoms with Crippen molar-refractivity contribution in [2.45, 2.75) is 111 Å². The van der Waals surface area contributed by atoms with E-state index in [0.717, 1.165) is 13.1 Å². The van der Waals surface area contributed by atoms with Gasteiger partial charge in [-0.3, -0.25) is 0 Å². The van der Waals surface area contributed by atoms with E-state index in [1.165, 1.54) is 109 Å². The topological polar surface area (TPSA) is 24.7 Å². The Bertz CT molecular complexity index is 238. The van der Waals surface area contributed by atoms with E-state index in [2.05, 4.69) is 23.4 Å². The Hall–Kier alpha value is -0.0500. The van der Waals surface area contributed by atoms with Crippen LogP contribution in [0.25, 0.3) is 0 Å². The van der Waals surface area contributed by atoms with Crippen LogP contribution >= 0.6 is 11.8 Å². The fourth-order valence-electron chi connectivity index (χ4n) is 2.77. The van der Waals surface area contributed by atoms with Crippen molar-refractivity contribution in [3.63, 3.8) is 0 Å². The number of hydrogen-bond donors (Lipinski definition) is 0. The molecule has 24 heavy (non-hydrogen) atoms. The first-order chi connectivity index (χ1) is 12.4. The van der Waals surface area contributed by atoms with Crippen LogP contribution in [0.1, 0.15) is 112 Å². The average Bonchev–Trinajstić information content (AvgIpc) is 2.65. The molecule has 0 N–H and O–H groups in total. The zero-order valence-corrected chi connectivity index (χ0v) is 17.8. The van der Waals surface area contributed by atoms with Crippen LogP contribution < -0.4 is 0 Å². The summed E-state index contributed by atoms with van der Waals surface area (Å²) in [6, 6.07) is 0. The van der Waals surface area contributed by atoms with Gasteiger partial charge in [-0.25, -0.2) is 0 Å². The summed E-state index contributed by atoms with van der Waals surface area (Å²) in [7, 11) is 1.25. The Balaban J connectivity index is 0. The Morgan fingerprint density at radius 2 is 1.00 bits per heavy atom. The third kappa shape index (κ3) is 24.2. The largest absolute Gasteiger partial charge is 0.194 e. The Morgan fingerprint density at radius 3 is 1.42 bits per heavy atom. The molecule has 0 aliphatic rings. The van der Waals surface area contributed by atoms with Crippen LogP contribution in [0.15, 0.2) is 10.2 Å². The summed E-state index contributed by atoms with van der Waals surface area (Å²) < 4.78 is 5.75. The summed E-state index contributed by atoms with van der Waals surface area (Å²) in [5.74, 6) is 1.26. The van der Waals surface area contributed by atoms with Crippen LogP contribution in [0.5, 0.6) is 0 Å². The fourth-order valence-corrected chi connectivity index (χ4v) is 3.26. The molecule has 0 fully saturated rings. The molecule has 146 valence electrons. The van der Waals surface area contributed by atoms with Gasteiger partial charge in [-0.05, 0) is 31.3 Å². The van der Waals surface area contributed by atoms with E-state index in [-0.39, 0.29) is 0 Å². The maximum atomic E-state index is 5.75. The Labute approximate surface area is 159 Å². The van der Waals surface area contributed by atoms with Crippen molar-refractivity contribution in [2.24, 2.45) is 10.2 Å². The van der Waals surface area contributed by atoms with Crippen molar-refractivity contribution < 1.29 is 1.37 Å². The van der Waals surface area contributed by atoms with Crippen LogP contribution in [0.3, 0.4) is 0 Å². The van der Waals surface area contributed by atoms with Gasteiger partial charge in [0, 0.05) is 1.37 Å². The molecular formula is C21H46N2S. The second kappa shape index (κ2) is 25.2. The van der Waals surface area contributed by atoms with Crippen LogP contribution in [-0.4, -0.2) is 25.1 Å². The van der Waals surface area contributed by atoms with Crippen LogP contribution in [0, 0.1) is 0 Å². The first-order valence-electron chi connectivity index (χ1n) is 11.2. The molecule has 0 aliphatic carbocycles. The van der Waals surface area contributed by atoms with Crippen molar-refractivity contribution >= 4 is 11.8 Å². The van der Waals surface area contributed by atoms with Crippen LogP contribution in [0.4, 0.5) is 0 Å². The lowest BCUT2D eigenvalue weighted by atomic mass is 10.0. The summed E-state index contributed by atoms with van der Waals surface area (Å²) in [5.41, 5.74) is 0.